The molecular weight excluding hydrogens is 516 g/mol. The van der Waals surface area contributed by atoms with Gasteiger partial charge in [-0.15, -0.1) is 0 Å². The minimum absolute atomic E-state index is 0.156. The predicted molar refractivity (Wildman–Crippen MR) is 145 cm³/mol. The van der Waals surface area contributed by atoms with Crippen LogP contribution in [-0.2, 0) is 43.7 Å². The Hall–Kier alpha value is -2.61. The summed E-state index contributed by atoms with van der Waals surface area (Å²) in [7, 11) is 0. The van der Waals surface area contributed by atoms with Gasteiger partial charge in [0.2, 0.25) is 0 Å². The number of aliphatic hydroxyl groups excluding tert-OH is 3. The van der Waals surface area contributed by atoms with E-state index in [1.165, 1.54) is 0 Å². The third-order valence-corrected chi connectivity index (χ3v) is 4.07. The summed E-state index contributed by atoms with van der Waals surface area (Å²) in [5.74, 6) is -1.52. The van der Waals surface area contributed by atoms with Gasteiger partial charge >= 0.3 is 17.9 Å². The molecule has 0 heterocycles. The van der Waals surface area contributed by atoms with Crippen molar-refractivity contribution in [1.29, 1.82) is 0 Å². The third-order valence-electron chi connectivity index (χ3n) is 4.07. The summed E-state index contributed by atoms with van der Waals surface area (Å²) in [6, 6.07) is 0. The Labute approximate surface area is 233 Å². The summed E-state index contributed by atoms with van der Waals surface area (Å²) in [6.45, 7) is 23.3. The molecule has 3 N–H and O–H groups in total. The summed E-state index contributed by atoms with van der Waals surface area (Å²) in [5.41, 5.74) is 0.364. The molecule has 0 aromatic rings. The summed E-state index contributed by atoms with van der Waals surface area (Å²) in [4.78, 5) is 58.1. The van der Waals surface area contributed by atoms with Gasteiger partial charge in [-0.2, -0.15) is 14.7 Å². The minimum Gasteiger partial charge on any atom is -0.396 e. The molecule has 12 nitrogen and oxygen atoms in total. The lowest BCUT2D eigenvalue weighted by Crippen LogP contribution is -2.32. The number of aliphatic hydroxyl groups is 3. The molecule has 0 amide bonds. The molecule has 0 aromatic carbocycles. The van der Waals surface area contributed by atoms with Gasteiger partial charge in [0.05, 0.1) is 39.6 Å². The zero-order valence-electron chi connectivity index (χ0n) is 24.7. The molecule has 0 unspecified atom stereocenters. The Kier molecular flexibility index (Phi) is 33.3. The van der Waals surface area contributed by atoms with Gasteiger partial charge in [0.1, 0.15) is 0 Å². The zero-order valence-corrected chi connectivity index (χ0v) is 24.7. The van der Waals surface area contributed by atoms with Crippen LogP contribution in [0.25, 0.3) is 0 Å². The third kappa shape index (κ3) is 29.8. The molecule has 0 saturated heterocycles. The van der Waals surface area contributed by atoms with E-state index in [-0.39, 0.29) is 19.8 Å². The highest BCUT2D eigenvalue weighted by molar-refractivity contribution is 5.87. The van der Waals surface area contributed by atoms with E-state index in [1.54, 1.807) is 20.8 Å². The van der Waals surface area contributed by atoms with Crippen LogP contribution in [0.15, 0.2) is 36.5 Å². The molecule has 0 saturated carbocycles. The van der Waals surface area contributed by atoms with Crippen molar-refractivity contribution in [3.05, 3.63) is 36.5 Å². The molecule has 39 heavy (non-hydrogen) atoms. The second-order valence-corrected chi connectivity index (χ2v) is 8.25. The average Bonchev–Trinajstić information content (AvgIpc) is 2.91. The molecular formula is C27H50O12. The Bertz CT molecular complexity index is 591. The molecule has 0 fully saturated rings. The van der Waals surface area contributed by atoms with E-state index in [2.05, 4.69) is 49.1 Å². The van der Waals surface area contributed by atoms with E-state index in [4.69, 9.17) is 15.3 Å². The first-order valence-electron chi connectivity index (χ1n) is 12.6. The van der Waals surface area contributed by atoms with Gasteiger partial charge in [-0.3, -0.25) is 14.7 Å². The van der Waals surface area contributed by atoms with Crippen molar-refractivity contribution < 1.29 is 59.0 Å². The lowest BCUT2D eigenvalue weighted by Gasteiger charge is -2.24. The molecule has 12 heteroatoms. The highest BCUT2D eigenvalue weighted by Crippen LogP contribution is 2.18. The fourth-order valence-corrected chi connectivity index (χ4v) is 1.23. The van der Waals surface area contributed by atoms with Gasteiger partial charge in [0, 0.05) is 22.1 Å². The van der Waals surface area contributed by atoms with E-state index in [9.17, 15) is 14.4 Å². The maximum absolute atomic E-state index is 10.6. The molecule has 0 radical (unpaired) electrons. The van der Waals surface area contributed by atoms with Crippen molar-refractivity contribution >= 4 is 17.9 Å². The van der Waals surface area contributed by atoms with E-state index in [1.807, 2.05) is 27.7 Å². The molecule has 230 valence electrons. The summed E-state index contributed by atoms with van der Waals surface area (Å²) in [5, 5.41) is 26.0. The maximum atomic E-state index is 10.6. The monoisotopic (exact) mass is 566 g/mol. The second-order valence-electron chi connectivity index (χ2n) is 8.25. The fraction of sp³-hybridized carbons (Fsp3) is 0.667. The summed E-state index contributed by atoms with van der Waals surface area (Å²) < 4.78 is 0. The van der Waals surface area contributed by atoms with Crippen LogP contribution in [0.1, 0.15) is 74.1 Å². The summed E-state index contributed by atoms with van der Waals surface area (Å²) >= 11 is 0. The largest absolute Gasteiger partial charge is 0.396 e. The SMILES string of the molecule is C=C(C)C(=O)OOCCC.C=C(C)C(=O)OOCCC.C=C(C)C(=O)OOCCC.CCC(CO)(CO)CO. The quantitative estimate of drug-likeness (QED) is 0.107. The number of hydrogen-bond acceptors (Lipinski definition) is 12. The minimum atomic E-state index is -0.667. The molecule has 0 atom stereocenters. The molecule has 0 bridgehead atoms. The Morgan fingerprint density at radius 1 is 0.564 bits per heavy atom. The number of hydrogen-bond donors (Lipinski definition) is 3. The maximum Gasteiger partial charge on any atom is 0.368 e. The van der Waals surface area contributed by atoms with Crippen LogP contribution in [-0.4, -0.2) is 72.9 Å². The molecule has 0 aliphatic heterocycles. The van der Waals surface area contributed by atoms with Crippen LogP contribution >= 0.6 is 0 Å². The van der Waals surface area contributed by atoms with Gasteiger partial charge in [-0.05, 0) is 46.5 Å². The molecule has 0 rings (SSSR count). The first-order chi connectivity index (χ1) is 18.3. The highest BCUT2D eigenvalue weighted by Gasteiger charge is 2.24. The fourth-order valence-electron chi connectivity index (χ4n) is 1.23. The van der Waals surface area contributed by atoms with E-state index in [0.29, 0.717) is 43.0 Å². The van der Waals surface area contributed by atoms with Gasteiger partial charge in [0.25, 0.3) is 0 Å². The zero-order chi connectivity index (χ0) is 31.3. The smallest absolute Gasteiger partial charge is 0.368 e. The van der Waals surface area contributed by atoms with Crippen LogP contribution in [0, 0.1) is 5.41 Å². The van der Waals surface area contributed by atoms with Crippen molar-refractivity contribution in [1.82, 2.24) is 0 Å². The number of carbonyl (C=O) groups is 3. The van der Waals surface area contributed by atoms with Crippen molar-refractivity contribution in [2.75, 3.05) is 39.6 Å². The van der Waals surface area contributed by atoms with Gasteiger partial charge in [-0.25, -0.2) is 14.4 Å². The van der Waals surface area contributed by atoms with Gasteiger partial charge in [-0.1, -0.05) is 47.4 Å². The van der Waals surface area contributed by atoms with E-state index < -0.39 is 23.3 Å². The van der Waals surface area contributed by atoms with Crippen LogP contribution in [0.3, 0.4) is 0 Å². The standard InChI is InChI=1S/3C7H12O3.C6H14O3/c3*1-4-5-9-10-7(8)6(2)3;1-2-6(3-7,4-8)5-9/h3*2,4-5H2,1,3H3;7-9H,2-5H2,1H3. The van der Waals surface area contributed by atoms with Crippen LogP contribution < -0.4 is 0 Å². The first kappa shape index (κ1) is 43.4. The molecule has 0 aliphatic carbocycles. The van der Waals surface area contributed by atoms with Crippen molar-refractivity contribution in [2.45, 2.75) is 74.1 Å². The van der Waals surface area contributed by atoms with Crippen LogP contribution in [0.5, 0.6) is 0 Å². The van der Waals surface area contributed by atoms with Crippen molar-refractivity contribution in [3.63, 3.8) is 0 Å². The van der Waals surface area contributed by atoms with Crippen molar-refractivity contribution in [3.8, 4) is 0 Å². The highest BCUT2D eigenvalue weighted by atomic mass is 17.2. The number of rotatable bonds is 16. The topological polar surface area (TPSA) is 167 Å². The Morgan fingerprint density at radius 2 is 0.795 bits per heavy atom. The lowest BCUT2D eigenvalue weighted by atomic mass is 9.88. The first-order valence-corrected chi connectivity index (χ1v) is 12.6. The molecule has 0 aliphatic rings. The van der Waals surface area contributed by atoms with Gasteiger partial charge in [0.15, 0.2) is 0 Å². The van der Waals surface area contributed by atoms with Crippen LogP contribution in [0.2, 0.25) is 0 Å². The van der Waals surface area contributed by atoms with E-state index in [0.717, 1.165) is 19.3 Å². The predicted octanol–water partition coefficient (Wildman–Crippen LogP) is 3.70. The average molecular weight is 567 g/mol. The van der Waals surface area contributed by atoms with Gasteiger partial charge < -0.3 is 15.3 Å². The Balaban J connectivity index is -0.000000210. The normalized spacial score (nSPS) is 9.69. The number of carbonyl (C=O) groups excluding carboxylic acids is 3. The lowest BCUT2D eigenvalue weighted by molar-refractivity contribution is -0.268. The van der Waals surface area contributed by atoms with Crippen LogP contribution in [0.4, 0.5) is 0 Å². The van der Waals surface area contributed by atoms with E-state index >= 15 is 0 Å². The summed E-state index contributed by atoms with van der Waals surface area (Å²) in [6.07, 6.45) is 3.06. The Morgan fingerprint density at radius 3 is 0.897 bits per heavy atom. The molecule has 0 aromatic heterocycles. The molecule has 0 spiro atoms. The van der Waals surface area contributed by atoms with Crippen molar-refractivity contribution in [2.24, 2.45) is 5.41 Å². The second kappa shape index (κ2) is 29.9.